The summed E-state index contributed by atoms with van der Waals surface area (Å²) in [7, 11) is 3.42. The molecule has 0 amide bonds. The van der Waals surface area contributed by atoms with Crippen LogP contribution in [0.5, 0.6) is 0 Å². The predicted molar refractivity (Wildman–Crippen MR) is 77.9 cm³/mol. The van der Waals surface area contributed by atoms with Gasteiger partial charge in [0.25, 0.3) is 0 Å². The minimum Gasteiger partial charge on any atom is -0.478 e. The van der Waals surface area contributed by atoms with Gasteiger partial charge in [0.1, 0.15) is 0 Å². The minimum absolute atomic E-state index is 0.117. The van der Waals surface area contributed by atoms with E-state index in [1.54, 1.807) is 31.6 Å². The first-order valence-corrected chi connectivity index (χ1v) is 7.26. The zero-order valence-electron chi connectivity index (χ0n) is 11.6. The van der Waals surface area contributed by atoms with Crippen LogP contribution >= 0.6 is 11.3 Å². The molecule has 2 rings (SSSR count). The number of hydrogen-bond donors (Lipinski definition) is 1. The van der Waals surface area contributed by atoms with E-state index in [2.05, 4.69) is 4.90 Å². The van der Waals surface area contributed by atoms with Gasteiger partial charge in [-0.3, -0.25) is 4.90 Å². The van der Waals surface area contributed by atoms with Gasteiger partial charge >= 0.3 is 5.97 Å². The molecular weight excluding hydrogens is 278 g/mol. The van der Waals surface area contributed by atoms with E-state index in [0.717, 1.165) is 31.3 Å². The first-order chi connectivity index (χ1) is 9.62. The lowest BCUT2D eigenvalue weighted by molar-refractivity contribution is -0.131. The van der Waals surface area contributed by atoms with E-state index in [-0.39, 0.29) is 12.2 Å². The highest BCUT2D eigenvalue weighted by Gasteiger charge is 2.32. The largest absolute Gasteiger partial charge is 0.478 e. The van der Waals surface area contributed by atoms with Crippen LogP contribution in [0.25, 0.3) is 6.08 Å². The highest BCUT2D eigenvalue weighted by atomic mass is 32.1. The number of aliphatic carboxylic acids is 1. The van der Waals surface area contributed by atoms with E-state index in [9.17, 15) is 4.79 Å². The molecule has 0 saturated carbocycles. The summed E-state index contributed by atoms with van der Waals surface area (Å²) in [5.74, 6) is -0.928. The quantitative estimate of drug-likeness (QED) is 0.810. The molecule has 1 aliphatic heterocycles. The molecular formula is C14H19NO4S. The third kappa shape index (κ3) is 3.89. The van der Waals surface area contributed by atoms with Crippen molar-refractivity contribution in [1.29, 1.82) is 0 Å². The van der Waals surface area contributed by atoms with Crippen LogP contribution in [0.3, 0.4) is 0 Å². The fraction of sp³-hybridized carbons (Fsp3) is 0.500. The summed E-state index contributed by atoms with van der Waals surface area (Å²) in [6.07, 6.45) is 3.00. The van der Waals surface area contributed by atoms with Crippen molar-refractivity contribution in [2.75, 3.05) is 27.3 Å². The zero-order chi connectivity index (χ0) is 14.5. The van der Waals surface area contributed by atoms with Crippen LogP contribution in [0.1, 0.15) is 10.4 Å². The van der Waals surface area contributed by atoms with Crippen molar-refractivity contribution in [3.05, 3.63) is 28.0 Å². The van der Waals surface area contributed by atoms with Gasteiger partial charge in [-0.2, -0.15) is 0 Å². The highest BCUT2D eigenvalue weighted by molar-refractivity contribution is 7.10. The number of methoxy groups -OCH3 is 2. The topological polar surface area (TPSA) is 59.0 Å². The number of carbonyl (C=O) groups is 1. The van der Waals surface area contributed by atoms with Crippen molar-refractivity contribution in [3.8, 4) is 0 Å². The van der Waals surface area contributed by atoms with E-state index >= 15 is 0 Å². The Kier molecular flexibility index (Phi) is 5.31. The van der Waals surface area contributed by atoms with Crippen LogP contribution < -0.4 is 0 Å². The molecule has 0 aromatic carbocycles. The van der Waals surface area contributed by atoms with E-state index in [4.69, 9.17) is 14.6 Å². The number of rotatable bonds is 6. The molecule has 2 atom stereocenters. The predicted octanol–water partition coefficient (Wildman–Crippen LogP) is 1.69. The Balaban J connectivity index is 1.93. The van der Waals surface area contributed by atoms with E-state index < -0.39 is 5.97 Å². The number of carboxylic acid groups (broad SMARTS) is 1. The molecule has 1 aromatic heterocycles. The summed E-state index contributed by atoms with van der Waals surface area (Å²) in [4.78, 5) is 14.0. The van der Waals surface area contributed by atoms with Gasteiger partial charge in [0.2, 0.25) is 0 Å². The number of ether oxygens (including phenoxy) is 2. The number of nitrogens with zero attached hydrogens (tertiary/aromatic N) is 1. The van der Waals surface area contributed by atoms with E-state index in [0.29, 0.717) is 0 Å². The Bertz CT molecular complexity index is 473. The molecule has 110 valence electrons. The molecule has 2 heterocycles. The molecule has 0 bridgehead atoms. The van der Waals surface area contributed by atoms with Crippen molar-refractivity contribution in [1.82, 2.24) is 4.90 Å². The number of carboxylic acids is 1. The molecule has 1 saturated heterocycles. The third-order valence-corrected chi connectivity index (χ3v) is 4.31. The summed E-state index contributed by atoms with van der Waals surface area (Å²) in [5.41, 5.74) is 0.929. The van der Waals surface area contributed by atoms with Crippen LogP contribution in [0.15, 0.2) is 17.5 Å². The molecule has 0 aliphatic carbocycles. The van der Waals surface area contributed by atoms with Gasteiger partial charge in [0, 0.05) is 44.8 Å². The second kappa shape index (κ2) is 6.99. The van der Waals surface area contributed by atoms with Crippen LogP contribution in [0, 0.1) is 0 Å². The van der Waals surface area contributed by atoms with Crippen molar-refractivity contribution in [2.45, 2.75) is 18.8 Å². The maximum atomic E-state index is 10.5. The van der Waals surface area contributed by atoms with Crippen LogP contribution in [-0.2, 0) is 20.8 Å². The van der Waals surface area contributed by atoms with Crippen molar-refractivity contribution in [3.63, 3.8) is 0 Å². The maximum Gasteiger partial charge on any atom is 0.328 e. The van der Waals surface area contributed by atoms with E-state index in [1.165, 1.54) is 4.88 Å². The SMILES string of the molecule is COC1CN(Cc2cc(/C=C/C(=O)O)cs2)CC1OC. The summed E-state index contributed by atoms with van der Waals surface area (Å²) in [6.45, 7) is 2.55. The van der Waals surface area contributed by atoms with Crippen LogP contribution in [0.4, 0.5) is 0 Å². The second-order valence-electron chi connectivity index (χ2n) is 4.76. The van der Waals surface area contributed by atoms with Crippen molar-refractivity contribution in [2.24, 2.45) is 0 Å². The Morgan fingerprint density at radius 2 is 2.10 bits per heavy atom. The summed E-state index contributed by atoms with van der Waals surface area (Å²) in [6, 6.07) is 2.02. The van der Waals surface area contributed by atoms with Gasteiger partial charge in [-0.15, -0.1) is 11.3 Å². The van der Waals surface area contributed by atoms with Gasteiger partial charge in [0.05, 0.1) is 12.2 Å². The Labute approximate surface area is 122 Å². The first-order valence-electron chi connectivity index (χ1n) is 6.38. The molecule has 6 heteroatoms. The smallest absolute Gasteiger partial charge is 0.328 e. The maximum absolute atomic E-state index is 10.5. The standard InChI is InChI=1S/C14H19NO4S/c1-18-12-7-15(8-13(12)19-2)6-11-5-10(9-20-11)3-4-14(16)17/h3-5,9,12-13H,6-8H2,1-2H3,(H,16,17)/b4-3+. The molecule has 1 aliphatic rings. The van der Waals surface area contributed by atoms with E-state index in [1.807, 2.05) is 11.4 Å². The molecule has 1 aromatic rings. The molecule has 5 nitrogen and oxygen atoms in total. The lowest BCUT2D eigenvalue weighted by Gasteiger charge is -2.13. The Morgan fingerprint density at radius 1 is 1.45 bits per heavy atom. The average Bonchev–Trinajstić information content (AvgIpc) is 3.03. The highest BCUT2D eigenvalue weighted by Crippen LogP contribution is 2.22. The van der Waals surface area contributed by atoms with Crippen LogP contribution in [0.2, 0.25) is 0 Å². The average molecular weight is 297 g/mol. The minimum atomic E-state index is -0.928. The summed E-state index contributed by atoms with van der Waals surface area (Å²) < 4.78 is 10.8. The van der Waals surface area contributed by atoms with Gasteiger partial charge in [0.15, 0.2) is 0 Å². The summed E-state index contributed by atoms with van der Waals surface area (Å²) >= 11 is 1.64. The monoisotopic (exact) mass is 297 g/mol. The third-order valence-electron chi connectivity index (χ3n) is 3.37. The summed E-state index contributed by atoms with van der Waals surface area (Å²) in [5, 5.41) is 10.6. The molecule has 0 spiro atoms. The van der Waals surface area contributed by atoms with Gasteiger partial charge < -0.3 is 14.6 Å². The zero-order valence-corrected chi connectivity index (χ0v) is 12.4. The molecule has 1 fully saturated rings. The van der Waals surface area contributed by atoms with Crippen molar-refractivity contribution >= 4 is 23.4 Å². The Morgan fingerprint density at radius 3 is 2.65 bits per heavy atom. The molecule has 1 N–H and O–H groups in total. The van der Waals surface area contributed by atoms with Gasteiger partial charge in [-0.05, 0) is 23.1 Å². The Hall–Kier alpha value is -1.21. The second-order valence-corrected chi connectivity index (χ2v) is 5.76. The number of likely N-dealkylation sites (tertiary alicyclic amines) is 1. The number of hydrogen-bond acceptors (Lipinski definition) is 5. The fourth-order valence-electron chi connectivity index (χ4n) is 2.36. The van der Waals surface area contributed by atoms with Gasteiger partial charge in [-0.25, -0.2) is 4.79 Å². The lowest BCUT2D eigenvalue weighted by Crippen LogP contribution is -2.27. The molecule has 20 heavy (non-hydrogen) atoms. The normalized spacial score (nSPS) is 23.7. The van der Waals surface area contributed by atoms with Gasteiger partial charge in [-0.1, -0.05) is 0 Å². The fourth-order valence-corrected chi connectivity index (χ4v) is 3.25. The van der Waals surface area contributed by atoms with Crippen molar-refractivity contribution < 1.29 is 19.4 Å². The molecule has 2 unspecified atom stereocenters. The number of thiophene rings is 1. The molecule has 0 radical (unpaired) electrons. The first kappa shape index (κ1) is 15.2. The lowest BCUT2D eigenvalue weighted by atomic mass is 10.3. The van der Waals surface area contributed by atoms with Crippen LogP contribution in [-0.4, -0.2) is 55.5 Å².